The number of carbonyl (C=O) groups is 1. The summed E-state index contributed by atoms with van der Waals surface area (Å²) in [6, 6.07) is 5.96. The zero-order valence-electron chi connectivity index (χ0n) is 11.5. The van der Waals surface area contributed by atoms with E-state index in [0.29, 0.717) is 6.79 Å². The minimum atomic E-state index is 0.0485. The van der Waals surface area contributed by atoms with Crippen LogP contribution in [0.4, 0.5) is 0 Å². The summed E-state index contributed by atoms with van der Waals surface area (Å²) in [6.45, 7) is 2.23. The second kappa shape index (κ2) is 5.53. The fourth-order valence-electron chi connectivity index (χ4n) is 2.06. The van der Waals surface area contributed by atoms with Gasteiger partial charge in [0.05, 0.1) is 0 Å². The van der Waals surface area contributed by atoms with E-state index in [1.54, 1.807) is 0 Å². The number of aryl methyl sites for hydroxylation is 1. The van der Waals surface area contributed by atoms with Crippen LogP contribution in [-0.4, -0.2) is 18.4 Å². The maximum Gasteiger partial charge on any atom is 0.243 e. The molecule has 1 fully saturated rings. The Kier molecular flexibility index (Phi) is 3.58. The molecule has 1 aromatic carbocycles. The lowest BCUT2D eigenvalue weighted by Crippen LogP contribution is -2.20. The molecule has 3 rings (SSSR count). The highest BCUT2D eigenvalue weighted by molar-refractivity contribution is 5.86. The Morgan fingerprint density at radius 2 is 2.15 bits per heavy atom. The summed E-state index contributed by atoms with van der Waals surface area (Å²) in [7, 11) is 0. The smallest absolute Gasteiger partial charge is 0.243 e. The van der Waals surface area contributed by atoms with Gasteiger partial charge in [-0.2, -0.15) is 5.10 Å². The molecule has 0 unspecified atom stereocenters. The van der Waals surface area contributed by atoms with Gasteiger partial charge in [-0.15, -0.1) is 0 Å². The molecule has 1 aliphatic carbocycles. The van der Waals surface area contributed by atoms with E-state index in [2.05, 4.69) is 10.5 Å². The van der Waals surface area contributed by atoms with Gasteiger partial charge in [-0.25, -0.2) is 5.43 Å². The van der Waals surface area contributed by atoms with Gasteiger partial charge in [0.2, 0.25) is 12.7 Å². The molecule has 0 radical (unpaired) electrons. The number of carbonyl (C=O) groups excluding carboxylic acids is 1. The molecular weight excluding hydrogens is 256 g/mol. The molecule has 2 aliphatic rings. The average Bonchev–Trinajstić information content (AvgIpc) is 3.20. The Balaban J connectivity index is 1.50. The highest BCUT2D eigenvalue weighted by Gasteiger charge is 2.29. The van der Waals surface area contributed by atoms with Gasteiger partial charge in [0.15, 0.2) is 11.5 Å². The predicted molar refractivity (Wildman–Crippen MR) is 74.9 cm³/mol. The van der Waals surface area contributed by atoms with Crippen LogP contribution in [0.1, 0.15) is 31.7 Å². The summed E-state index contributed by atoms with van der Waals surface area (Å²) < 4.78 is 10.6. The van der Waals surface area contributed by atoms with Crippen molar-refractivity contribution in [2.24, 2.45) is 11.0 Å². The molecule has 0 bridgehead atoms. The van der Waals surface area contributed by atoms with E-state index in [9.17, 15) is 4.79 Å². The average molecular weight is 274 g/mol. The number of benzene rings is 1. The Hall–Kier alpha value is -2.04. The highest BCUT2D eigenvalue weighted by atomic mass is 16.7. The van der Waals surface area contributed by atoms with Gasteiger partial charge in [0, 0.05) is 11.6 Å². The molecule has 1 N–H and O–H groups in total. The van der Waals surface area contributed by atoms with Crippen molar-refractivity contribution in [1.29, 1.82) is 0 Å². The van der Waals surface area contributed by atoms with Gasteiger partial charge < -0.3 is 9.47 Å². The number of amides is 1. The van der Waals surface area contributed by atoms with Crippen LogP contribution in [0.25, 0.3) is 0 Å². The summed E-state index contributed by atoms with van der Waals surface area (Å²) in [5.74, 6) is 1.85. The van der Waals surface area contributed by atoms with E-state index in [1.165, 1.54) is 5.56 Å². The Morgan fingerprint density at radius 3 is 2.95 bits per heavy atom. The number of ether oxygens (including phenoxy) is 2. The number of nitrogens with one attached hydrogen (secondary N) is 1. The maximum atomic E-state index is 11.5. The lowest BCUT2D eigenvalue weighted by molar-refractivity contribution is -0.122. The standard InChI is InChI=1S/C15H18N2O3/c1-10(16-17-15(18)12-5-6-12)2-3-11-4-7-13-14(8-11)20-9-19-13/h4,7-8,12H,2-3,5-6,9H2,1H3,(H,17,18)/b16-10+. The minimum Gasteiger partial charge on any atom is -0.454 e. The summed E-state index contributed by atoms with van der Waals surface area (Å²) >= 11 is 0. The van der Waals surface area contributed by atoms with E-state index < -0.39 is 0 Å². The normalized spacial score (nSPS) is 17.1. The van der Waals surface area contributed by atoms with E-state index in [0.717, 1.165) is 42.9 Å². The van der Waals surface area contributed by atoms with E-state index in [4.69, 9.17) is 9.47 Å². The molecular formula is C15H18N2O3. The zero-order chi connectivity index (χ0) is 13.9. The lowest BCUT2D eigenvalue weighted by Gasteiger charge is -2.04. The number of hydrogen-bond donors (Lipinski definition) is 1. The summed E-state index contributed by atoms with van der Waals surface area (Å²) in [6.07, 6.45) is 3.67. The van der Waals surface area contributed by atoms with Crippen LogP contribution >= 0.6 is 0 Å². The monoisotopic (exact) mass is 274 g/mol. The van der Waals surface area contributed by atoms with E-state index in [1.807, 2.05) is 25.1 Å². The van der Waals surface area contributed by atoms with Crippen molar-refractivity contribution in [2.75, 3.05) is 6.79 Å². The van der Waals surface area contributed by atoms with Crippen molar-refractivity contribution in [3.05, 3.63) is 23.8 Å². The second-order valence-corrected chi connectivity index (χ2v) is 5.29. The van der Waals surface area contributed by atoms with Gasteiger partial charge in [-0.1, -0.05) is 6.07 Å². The van der Waals surface area contributed by atoms with Gasteiger partial charge in [0.1, 0.15) is 0 Å². The van der Waals surface area contributed by atoms with Crippen LogP contribution in [0.3, 0.4) is 0 Å². The van der Waals surface area contributed by atoms with Crippen LogP contribution in [0.5, 0.6) is 11.5 Å². The number of hydrogen-bond acceptors (Lipinski definition) is 4. The van der Waals surface area contributed by atoms with Crippen molar-refractivity contribution in [1.82, 2.24) is 5.43 Å². The van der Waals surface area contributed by atoms with Crippen LogP contribution in [-0.2, 0) is 11.2 Å². The van der Waals surface area contributed by atoms with Gasteiger partial charge in [-0.05, 0) is 50.3 Å². The van der Waals surface area contributed by atoms with E-state index in [-0.39, 0.29) is 11.8 Å². The van der Waals surface area contributed by atoms with Gasteiger partial charge in [-0.3, -0.25) is 4.79 Å². The third-order valence-electron chi connectivity index (χ3n) is 3.52. The molecule has 0 aromatic heterocycles. The molecule has 0 spiro atoms. The van der Waals surface area contributed by atoms with E-state index >= 15 is 0 Å². The second-order valence-electron chi connectivity index (χ2n) is 5.29. The molecule has 1 amide bonds. The van der Waals surface area contributed by atoms with Crippen LogP contribution in [0.15, 0.2) is 23.3 Å². The molecule has 20 heavy (non-hydrogen) atoms. The Morgan fingerprint density at radius 1 is 1.35 bits per heavy atom. The molecule has 1 aliphatic heterocycles. The van der Waals surface area contributed by atoms with Gasteiger partial charge >= 0.3 is 0 Å². The molecule has 1 saturated carbocycles. The first-order valence-corrected chi connectivity index (χ1v) is 6.94. The molecule has 5 heteroatoms. The fourth-order valence-corrected chi connectivity index (χ4v) is 2.06. The van der Waals surface area contributed by atoms with Gasteiger partial charge in [0.25, 0.3) is 0 Å². The van der Waals surface area contributed by atoms with Crippen molar-refractivity contribution >= 4 is 11.6 Å². The fraction of sp³-hybridized carbons (Fsp3) is 0.467. The van der Waals surface area contributed by atoms with Crippen LogP contribution in [0, 0.1) is 5.92 Å². The maximum absolute atomic E-state index is 11.5. The number of rotatable bonds is 5. The first-order chi connectivity index (χ1) is 9.72. The number of hydrazone groups is 1. The molecule has 1 heterocycles. The first kappa shape index (κ1) is 13.0. The number of fused-ring (bicyclic) bond motifs is 1. The van der Waals surface area contributed by atoms with Crippen molar-refractivity contribution in [3.8, 4) is 11.5 Å². The van der Waals surface area contributed by atoms with Crippen molar-refractivity contribution in [3.63, 3.8) is 0 Å². The highest BCUT2D eigenvalue weighted by Crippen LogP contribution is 2.32. The molecule has 0 saturated heterocycles. The Labute approximate surface area is 118 Å². The SMILES string of the molecule is C/C(CCc1ccc2c(c1)OCO2)=N\NC(=O)C1CC1. The van der Waals surface area contributed by atoms with Crippen LogP contribution < -0.4 is 14.9 Å². The lowest BCUT2D eigenvalue weighted by atomic mass is 10.1. The van der Waals surface area contributed by atoms with Crippen molar-refractivity contribution < 1.29 is 14.3 Å². The van der Waals surface area contributed by atoms with Crippen LogP contribution in [0.2, 0.25) is 0 Å². The molecule has 5 nitrogen and oxygen atoms in total. The first-order valence-electron chi connectivity index (χ1n) is 6.94. The Bertz CT molecular complexity index is 550. The summed E-state index contributed by atoms with van der Waals surface area (Å²) in [5.41, 5.74) is 4.73. The quantitative estimate of drug-likeness (QED) is 0.661. The van der Waals surface area contributed by atoms with Crippen molar-refractivity contribution in [2.45, 2.75) is 32.6 Å². The zero-order valence-corrected chi connectivity index (χ0v) is 11.5. The topological polar surface area (TPSA) is 59.9 Å². The molecule has 106 valence electrons. The summed E-state index contributed by atoms with van der Waals surface area (Å²) in [4.78, 5) is 11.5. The minimum absolute atomic E-state index is 0.0485. The molecule has 1 aromatic rings. The largest absolute Gasteiger partial charge is 0.454 e. The summed E-state index contributed by atoms with van der Waals surface area (Å²) in [5, 5.41) is 4.13. The number of nitrogens with zero attached hydrogens (tertiary/aromatic N) is 1. The third-order valence-corrected chi connectivity index (χ3v) is 3.52. The molecule has 0 atom stereocenters. The third kappa shape index (κ3) is 3.10. The predicted octanol–water partition coefficient (Wildman–Crippen LogP) is 2.25.